The summed E-state index contributed by atoms with van der Waals surface area (Å²) >= 11 is 0. The second kappa shape index (κ2) is 10.1. The molecule has 0 spiro atoms. The molecule has 0 unspecified atom stereocenters. The first-order valence-corrected chi connectivity index (χ1v) is 5.77. The van der Waals surface area contributed by atoms with E-state index in [0.717, 1.165) is 24.8 Å². The van der Waals surface area contributed by atoms with E-state index in [1.54, 1.807) is 13.2 Å². The fourth-order valence-corrected chi connectivity index (χ4v) is 1.36. The Morgan fingerprint density at radius 3 is 2.83 bits per heavy atom. The van der Waals surface area contributed by atoms with Gasteiger partial charge in [-0.2, -0.15) is 5.10 Å². The molecule has 0 fully saturated rings. The molecule has 0 atom stereocenters. The minimum absolute atomic E-state index is 0. The van der Waals surface area contributed by atoms with Gasteiger partial charge in [0, 0.05) is 33.4 Å². The highest BCUT2D eigenvalue weighted by molar-refractivity contribution is 14.0. The number of nitrogens with zero attached hydrogens (tertiary/aromatic N) is 3. The molecule has 0 saturated carbocycles. The van der Waals surface area contributed by atoms with Gasteiger partial charge in [0.05, 0.1) is 18.8 Å². The van der Waals surface area contributed by atoms with Gasteiger partial charge in [0.2, 0.25) is 0 Å². The first kappa shape index (κ1) is 17.2. The lowest BCUT2D eigenvalue weighted by molar-refractivity contribution is 0.152. The fraction of sp³-hybridized carbons (Fsp3) is 0.636. The van der Waals surface area contributed by atoms with Gasteiger partial charge in [0.25, 0.3) is 0 Å². The average molecular weight is 367 g/mol. The van der Waals surface area contributed by atoms with Gasteiger partial charge in [0.1, 0.15) is 0 Å². The molecule has 0 amide bonds. The molecule has 1 heterocycles. The predicted octanol–water partition coefficient (Wildman–Crippen LogP) is 0.740. The van der Waals surface area contributed by atoms with Gasteiger partial charge < -0.3 is 15.4 Å². The third-order valence-electron chi connectivity index (χ3n) is 2.33. The molecule has 0 aliphatic heterocycles. The molecule has 0 bridgehead atoms. The number of rotatable bonds is 6. The molecule has 0 aliphatic rings. The molecule has 104 valence electrons. The number of aliphatic imine (C=N–C) groups is 1. The van der Waals surface area contributed by atoms with Crippen LogP contribution >= 0.6 is 24.0 Å². The predicted molar refractivity (Wildman–Crippen MR) is 83.3 cm³/mol. The Bertz CT molecular complexity index is 353. The molecule has 0 radical (unpaired) electrons. The van der Waals surface area contributed by atoms with E-state index >= 15 is 0 Å². The van der Waals surface area contributed by atoms with Crippen LogP contribution in [0, 0.1) is 0 Å². The van der Waals surface area contributed by atoms with E-state index in [9.17, 15) is 0 Å². The Labute approximate surface area is 125 Å². The maximum absolute atomic E-state index is 5.24. The normalized spacial score (nSPS) is 10.9. The summed E-state index contributed by atoms with van der Waals surface area (Å²) in [6.45, 7) is 4.85. The number of halogens is 1. The van der Waals surface area contributed by atoms with Crippen molar-refractivity contribution in [2.45, 2.75) is 13.5 Å². The molecule has 1 rings (SSSR count). The monoisotopic (exact) mass is 367 g/mol. The lowest BCUT2D eigenvalue weighted by atomic mass is 10.4. The van der Waals surface area contributed by atoms with Crippen molar-refractivity contribution >= 4 is 29.9 Å². The van der Waals surface area contributed by atoms with Gasteiger partial charge in [-0.25, -0.2) is 0 Å². The van der Waals surface area contributed by atoms with Gasteiger partial charge >= 0.3 is 0 Å². The summed E-state index contributed by atoms with van der Waals surface area (Å²) in [7, 11) is 3.67. The van der Waals surface area contributed by atoms with Crippen molar-refractivity contribution in [2.75, 3.05) is 26.8 Å². The largest absolute Gasteiger partial charge is 0.380 e. The van der Waals surface area contributed by atoms with Gasteiger partial charge in [-0.15, -0.1) is 24.0 Å². The van der Waals surface area contributed by atoms with Crippen LogP contribution < -0.4 is 10.6 Å². The van der Waals surface area contributed by atoms with Crippen molar-refractivity contribution in [2.24, 2.45) is 12.0 Å². The summed E-state index contributed by atoms with van der Waals surface area (Å²) in [5.74, 6) is 0.769. The van der Waals surface area contributed by atoms with E-state index in [0.29, 0.717) is 13.2 Å². The van der Waals surface area contributed by atoms with Crippen molar-refractivity contribution in [3.05, 3.63) is 18.0 Å². The van der Waals surface area contributed by atoms with Crippen LogP contribution in [0.25, 0.3) is 0 Å². The lowest BCUT2D eigenvalue weighted by Gasteiger charge is -2.11. The molecule has 1 aromatic rings. The molecule has 0 aliphatic carbocycles. The van der Waals surface area contributed by atoms with Crippen LogP contribution in [0.5, 0.6) is 0 Å². The fourth-order valence-electron chi connectivity index (χ4n) is 1.36. The molecule has 7 heteroatoms. The zero-order chi connectivity index (χ0) is 12.5. The van der Waals surface area contributed by atoms with Crippen LogP contribution in [-0.4, -0.2) is 42.5 Å². The molecular formula is C11H22IN5O. The zero-order valence-electron chi connectivity index (χ0n) is 11.1. The molecule has 0 saturated heterocycles. The zero-order valence-corrected chi connectivity index (χ0v) is 13.5. The highest BCUT2D eigenvalue weighted by Crippen LogP contribution is 1.94. The van der Waals surface area contributed by atoms with Crippen molar-refractivity contribution in [3.63, 3.8) is 0 Å². The summed E-state index contributed by atoms with van der Waals surface area (Å²) in [5, 5.41) is 10.5. The smallest absolute Gasteiger partial charge is 0.191 e. The second-order valence-corrected chi connectivity index (χ2v) is 3.50. The number of aromatic nitrogens is 2. The standard InChI is InChI=1S/C11H21N5O.HI/c1-4-17-8-7-13-11(12-2)14-9-10-5-6-15-16(10)3;/h5-6H,4,7-9H2,1-3H3,(H2,12,13,14);1H. The Morgan fingerprint density at radius 2 is 2.28 bits per heavy atom. The minimum atomic E-state index is 0. The summed E-state index contributed by atoms with van der Waals surface area (Å²) in [6, 6.07) is 1.97. The Hall–Kier alpha value is -0.830. The molecule has 1 aromatic heterocycles. The maximum Gasteiger partial charge on any atom is 0.191 e. The first-order chi connectivity index (χ1) is 8.27. The van der Waals surface area contributed by atoms with Crippen molar-refractivity contribution in [1.82, 2.24) is 20.4 Å². The quantitative estimate of drug-likeness (QED) is 0.337. The number of guanidine groups is 1. The lowest BCUT2D eigenvalue weighted by Crippen LogP contribution is -2.38. The van der Waals surface area contributed by atoms with E-state index in [4.69, 9.17) is 4.74 Å². The van der Waals surface area contributed by atoms with Gasteiger partial charge in [-0.1, -0.05) is 0 Å². The van der Waals surface area contributed by atoms with E-state index in [1.807, 2.05) is 24.7 Å². The molecular weight excluding hydrogens is 345 g/mol. The molecule has 18 heavy (non-hydrogen) atoms. The SMILES string of the molecule is CCOCCNC(=NC)NCc1ccnn1C.I. The number of aryl methyl sites for hydroxylation is 1. The van der Waals surface area contributed by atoms with E-state index in [-0.39, 0.29) is 24.0 Å². The van der Waals surface area contributed by atoms with E-state index in [1.165, 1.54) is 0 Å². The van der Waals surface area contributed by atoms with Crippen LogP contribution in [0.2, 0.25) is 0 Å². The van der Waals surface area contributed by atoms with Crippen molar-refractivity contribution in [1.29, 1.82) is 0 Å². The molecule has 0 aromatic carbocycles. The third kappa shape index (κ3) is 6.20. The number of ether oxygens (including phenoxy) is 1. The van der Waals surface area contributed by atoms with Crippen LogP contribution in [0.15, 0.2) is 17.3 Å². The summed E-state index contributed by atoms with van der Waals surface area (Å²) in [6.07, 6.45) is 1.78. The molecule has 6 nitrogen and oxygen atoms in total. The van der Waals surface area contributed by atoms with E-state index < -0.39 is 0 Å². The van der Waals surface area contributed by atoms with Gasteiger partial charge in [0.15, 0.2) is 5.96 Å². The Kier molecular flexibility index (Phi) is 9.66. The van der Waals surface area contributed by atoms with Crippen LogP contribution in [0.3, 0.4) is 0 Å². The number of hydrogen-bond donors (Lipinski definition) is 2. The number of nitrogens with one attached hydrogen (secondary N) is 2. The second-order valence-electron chi connectivity index (χ2n) is 3.50. The average Bonchev–Trinajstić information content (AvgIpc) is 2.74. The third-order valence-corrected chi connectivity index (χ3v) is 2.33. The van der Waals surface area contributed by atoms with Crippen LogP contribution in [-0.2, 0) is 18.3 Å². The highest BCUT2D eigenvalue weighted by atomic mass is 127. The van der Waals surface area contributed by atoms with Crippen molar-refractivity contribution < 1.29 is 4.74 Å². The molecule has 2 N–H and O–H groups in total. The number of hydrogen-bond acceptors (Lipinski definition) is 3. The topological polar surface area (TPSA) is 63.5 Å². The Balaban J connectivity index is 0.00000289. The van der Waals surface area contributed by atoms with Gasteiger partial charge in [-0.05, 0) is 13.0 Å². The summed E-state index contributed by atoms with van der Waals surface area (Å²) < 4.78 is 7.07. The summed E-state index contributed by atoms with van der Waals surface area (Å²) in [5.41, 5.74) is 1.11. The van der Waals surface area contributed by atoms with E-state index in [2.05, 4.69) is 20.7 Å². The van der Waals surface area contributed by atoms with Gasteiger partial charge in [-0.3, -0.25) is 9.67 Å². The first-order valence-electron chi connectivity index (χ1n) is 5.77. The Morgan fingerprint density at radius 1 is 1.50 bits per heavy atom. The maximum atomic E-state index is 5.24. The highest BCUT2D eigenvalue weighted by Gasteiger charge is 2.00. The van der Waals surface area contributed by atoms with Crippen molar-refractivity contribution in [3.8, 4) is 0 Å². The minimum Gasteiger partial charge on any atom is -0.380 e. The summed E-state index contributed by atoms with van der Waals surface area (Å²) in [4.78, 5) is 4.12. The van der Waals surface area contributed by atoms with Crippen LogP contribution in [0.4, 0.5) is 0 Å². The van der Waals surface area contributed by atoms with Crippen LogP contribution in [0.1, 0.15) is 12.6 Å².